The van der Waals surface area contributed by atoms with Gasteiger partial charge in [0.15, 0.2) is 5.82 Å². The molecule has 1 saturated heterocycles. The third-order valence-electron chi connectivity index (χ3n) is 6.04. The second-order valence-electron chi connectivity index (χ2n) is 8.26. The molecule has 3 heterocycles. The van der Waals surface area contributed by atoms with Crippen molar-refractivity contribution in [1.29, 1.82) is 0 Å². The highest BCUT2D eigenvalue weighted by molar-refractivity contribution is 7.91. The normalized spacial score (nSPS) is 19.4. The summed E-state index contributed by atoms with van der Waals surface area (Å²) in [5.74, 6) is -0.664. The summed E-state index contributed by atoms with van der Waals surface area (Å²) in [6.07, 6.45) is 0.999. The van der Waals surface area contributed by atoms with Crippen LogP contribution in [-0.2, 0) is 23.2 Å². The van der Waals surface area contributed by atoms with Crippen LogP contribution in [-0.4, -0.2) is 38.5 Å². The van der Waals surface area contributed by atoms with Crippen LogP contribution in [0.3, 0.4) is 0 Å². The fraction of sp³-hybridized carbons (Fsp3) is 0.304. The third-order valence-corrected chi connectivity index (χ3v) is 7.50. The monoisotopic (exact) mass is 474 g/mol. The molecule has 2 aliphatic rings. The van der Waals surface area contributed by atoms with Crippen LogP contribution in [0.4, 0.5) is 30.6 Å². The smallest absolute Gasteiger partial charge is 0.227 e. The van der Waals surface area contributed by atoms with Gasteiger partial charge in [0.2, 0.25) is 10.8 Å². The van der Waals surface area contributed by atoms with E-state index < -0.39 is 34.2 Å². The molecule has 6 nitrogen and oxygen atoms in total. The summed E-state index contributed by atoms with van der Waals surface area (Å²) in [5, 5.41) is 14.1. The fourth-order valence-electron chi connectivity index (χ4n) is 4.30. The number of hydrogen-bond donors (Lipinski definition) is 2. The maximum absolute atomic E-state index is 13.7. The molecule has 1 atom stereocenters. The van der Waals surface area contributed by atoms with Crippen molar-refractivity contribution in [2.75, 3.05) is 29.1 Å². The van der Waals surface area contributed by atoms with Gasteiger partial charge in [0.1, 0.15) is 28.9 Å². The number of aliphatic hydroxyl groups is 1. The summed E-state index contributed by atoms with van der Waals surface area (Å²) >= 11 is -1.25. The number of nitrogens with zero attached hydrogens (tertiary/aromatic N) is 3. The van der Waals surface area contributed by atoms with Crippen molar-refractivity contribution < 1.29 is 22.8 Å². The molecule has 10 heteroatoms. The second kappa shape index (κ2) is 8.51. The number of piperidine rings is 1. The van der Waals surface area contributed by atoms with E-state index in [0.717, 1.165) is 18.2 Å². The Bertz CT molecular complexity index is 1180. The van der Waals surface area contributed by atoms with Gasteiger partial charge in [-0.05, 0) is 59.9 Å². The van der Waals surface area contributed by atoms with Crippen LogP contribution in [0.1, 0.15) is 24.1 Å². The van der Waals surface area contributed by atoms with Crippen LogP contribution in [0.15, 0.2) is 47.4 Å². The van der Waals surface area contributed by atoms with Gasteiger partial charge >= 0.3 is 0 Å². The molecule has 3 aromatic rings. The van der Waals surface area contributed by atoms with Crippen molar-refractivity contribution >= 4 is 28.6 Å². The minimum Gasteiger partial charge on any atom is -0.611 e. The van der Waals surface area contributed by atoms with Gasteiger partial charge in [0, 0.05) is 31.3 Å². The molecule has 0 saturated carbocycles. The average molecular weight is 475 g/mol. The molecule has 0 amide bonds. The van der Waals surface area contributed by atoms with Crippen molar-refractivity contribution in [3.8, 4) is 0 Å². The van der Waals surface area contributed by atoms with Gasteiger partial charge in [-0.3, -0.25) is 0 Å². The topological polar surface area (TPSA) is 84.3 Å². The highest BCUT2D eigenvalue weighted by atomic mass is 32.2. The fourth-order valence-corrected chi connectivity index (χ4v) is 5.61. The van der Waals surface area contributed by atoms with Gasteiger partial charge in [-0.15, -0.1) is 0 Å². The molecule has 2 N–H and O–H groups in total. The number of rotatable bonds is 4. The molecule has 2 aliphatic heterocycles. The predicted molar refractivity (Wildman–Crippen MR) is 118 cm³/mol. The maximum Gasteiger partial charge on any atom is 0.227 e. The Morgan fingerprint density at radius 1 is 1.00 bits per heavy atom. The highest BCUT2D eigenvalue weighted by Crippen LogP contribution is 2.37. The lowest BCUT2D eigenvalue weighted by molar-refractivity contribution is 0.0109. The summed E-state index contributed by atoms with van der Waals surface area (Å²) in [4.78, 5) is 11.6. The van der Waals surface area contributed by atoms with Crippen LogP contribution in [0.5, 0.6) is 0 Å². The summed E-state index contributed by atoms with van der Waals surface area (Å²) in [7, 11) is 0. The number of benzene rings is 2. The van der Waals surface area contributed by atoms with E-state index in [2.05, 4.69) is 15.3 Å². The minimum absolute atomic E-state index is 0.207. The number of nitrogens with one attached hydrogen (secondary N) is 1. The van der Waals surface area contributed by atoms with Gasteiger partial charge < -0.3 is 19.9 Å². The molecule has 1 unspecified atom stereocenters. The summed E-state index contributed by atoms with van der Waals surface area (Å²) < 4.78 is 53.5. The summed E-state index contributed by atoms with van der Waals surface area (Å²) in [6, 6.07) is 9.00. The quantitative estimate of drug-likeness (QED) is 0.560. The van der Waals surface area contributed by atoms with Gasteiger partial charge in [-0.2, -0.15) is 4.98 Å². The number of aromatic nitrogens is 2. The molecule has 0 aliphatic carbocycles. The van der Waals surface area contributed by atoms with Crippen molar-refractivity contribution in [2.45, 2.75) is 29.8 Å². The first-order valence-electron chi connectivity index (χ1n) is 10.6. The molecule has 0 bridgehead atoms. The third kappa shape index (κ3) is 4.38. The van der Waals surface area contributed by atoms with Crippen LogP contribution in [0.25, 0.3) is 0 Å². The standard InChI is InChI=1S/C23H21F3N4O2S/c24-15-2-1-3-18(13-15)27-21-20-19(4-9-33(20)32)28-22(29-21)30-7-5-23(31,6-8-30)14-10-16(25)12-17(26)11-14/h1-3,10-13,31H,4-9H2,(H,27,28,29). The van der Waals surface area contributed by atoms with E-state index in [9.17, 15) is 22.8 Å². The second-order valence-corrected chi connectivity index (χ2v) is 9.77. The molecule has 33 heavy (non-hydrogen) atoms. The lowest BCUT2D eigenvalue weighted by Gasteiger charge is -2.38. The number of hydrogen-bond acceptors (Lipinski definition) is 6. The van der Waals surface area contributed by atoms with Crippen molar-refractivity contribution in [3.63, 3.8) is 0 Å². The van der Waals surface area contributed by atoms with Gasteiger partial charge in [0.05, 0.1) is 5.60 Å². The first-order chi connectivity index (χ1) is 15.8. The molecule has 172 valence electrons. The van der Waals surface area contributed by atoms with Crippen LogP contribution in [0, 0.1) is 17.5 Å². The van der Waals surface area contributed by atoms with Gasteiger partial charge in [0.25, 0.3) is 0 Å². The molecule has 0 radical (unpaired) electrons. The maximum atomic E-state index is 13.7. The Hall–Kier alpha value is -2.82. The Morgan fingerprint density at radius 2 is 1.73 bits per heavy atom. The largest absolute Gasteiger partial charge is 0.611 e. The van der Waals surface area contributed by atoms with Crippen molar-refractivity contribution in [1.82, 2.24) is 9.97 Å². The Morgan fingerprint density at radius 3 is 2.42 bits per heavy atom. The molecule has 0 spiro atoms. The highest BCUT2D eigenvalue weighted by Gasteiger charge is 2.37. The first kappa shape index (κ1) is 22.0. The lowest BCUT2D eigenvalue weighted by Crippen LogP contribution is -2.43. The molecule has 5 rings (SSSR count). The van der Waals surface area contributed by atoms with Crippen LogP contribution < -0.4 is 10.2 Å². The van der Waals surface area contributed by atoms with E-state index in [1.54, 1.807) is 12.1 Å². The van der Waals surface area contributed by atoms with Gasteiger partial charge in [-0.25, -0.2) is 18.2 Å². The zero-order chi connectivity index (χ0) is 23.2. The van der Waals surface area contributed by atoms with E-state index in [1.165, 1.54) is 12.1 Å². The molecular formula is C23H21F3N4O2S. The molecule has 2 aromatic carbocycles. The zero-order valence-corrected chi connectivity index (χ0v) is 18.3. The zero-order valence-electron chi connectivity index (χ0n) is 17.5. The van der Waals surface area contributed by atoms with Crippen LogP contribution >= 0.6 is 0 Å². The van der Waals surface area contributed by atoms with E-state index in [0.29, 0.717) is 53.3 Å². The predicted octanol–water partition coefficient (Wildman–Crippen LogP) is 3.79. The van der Waals surface area contributed by atoms with Crippen molar-refractivity contribution in [2.24, 2.45) is 0 Å². The van der Waals surface area contributed by atoms with E-state index in [4.69, 9.17) is 0 Å². The average Bonchev–Trinajstić information content (AvgIpc) is 3.15. The Balaban J connectivity index is 1.41. The molecule has 1 fully saturated rings. The first-order valence-corrected chi connectivity index (χ1v) is 11.9. The lowest BCUT2D eigenvalue weighted by atomic mass is 9.84. The summed E-state index contributed by atoms with van der Waals surface area (Å²) in [6.45, 7) is 0.714. The Kier molecular flexibility index (Phi) is 5.67. The Labute approximate surface area is 191 Å². The minimum atomic E-state index is -1.36. The van der Waals surface area contributed by atoms with Crippen molar-refractivity contribution in [3.05, 3.63) is 71.2 Å². The molecule has 1 aromatic heterocycles. The van der Waals surface area contributed by atoms with E-state index >= 15 is 0 Å². The van der Waals surface area contributed by atoms with Gasteiger partial charge in [-0.1, -0.05) is 6.07 Å². The SMILES string of the molecule is [O-][S+]1CCc2nc(N3CCC(O)(c4cc(F)cc(F)c4)CC3)nc(Nc3cccc(F)c3)c21. The number of halogens is 3. The van der Waals surface area contributed by atoms with E-state index in [-0.39, 0.29) is 18.4 Å². The molecular weight excluding hydrogens is 453 g/mol. The summed E-state index contributed by atoms with van der Waals surface area (Å²) in [5.41, 5.74) is -0.00381. The number of aryl methyl sites for hydroxylation is 1. The number of anilines is 3. The number of fused-ring (bicyclic) bond motifs is 1. The van der Waals surface area contributed by atoms with E-state index in [1.807, 2.05) is 4.90 Å². The van der Waals surface area contributed by atoms with Crippen LogP contribution in [0.2, 0.25) is 0 Å².